The number of halogens is 1. The Balaban J connectivity index is 0.00000306. The van der Waals surface area contributed by atoms with Crippen LogP contribution in [0.2, 0.25) is 0 Å². The molecule has 2 N–H and O–H groups in total. The standard InChI is InChI=1S/C25H33N5O2.HI/c1-26-25(28-21-13-15-29(18-21)22-10-5-6-11-23(22)32-2)27-16-19-8-3-4-9-20(19)17-30-14-7-12-24(30)31;/h3-6,8-11,21H,7,12-18H2,1-2H3,(H2,26,27,28);1H. The van der Waals surface area contributed by atoms with Gasteiger partial charge in [-0.2, -0.15) is 0 Å². The van der Waals surface area contributed by atoms with Crippen molar-refractivity contribution in [1.29, 1.82) is 0 Å². The molecule has 2 aromatic rings. The van der Waals surface area contributed by atoms with Gasteiger partial charge in [0.1, 0.15) is 5.75 Å². The first-order chi connectivity index (χ1) is 15.7. The maximum absolute atomic E-state index is 12.0. The largest absolute Gasteiger partial charge is 0.495 e. The van der Waals surface area contributed by atoms with Crippen molar-refractivity contribution in [3.8, 4) is 5.75 Å². The lowest BCUT2D eigenvalue weighted by atomic mass is 10.1. The molecule has 178 valence electrons. The average molecular weight is 563 g/mol. The summed E-state index contributed by atoms with van der Waals surface area (Å²) < 4.78 is 5.53. The number of nitrogens with one attached hydrogen (secondary N) is 2. The summed E-state index contributed by atoms with van der Waals surface area (Å²) in [6, 6.07) is 16.8. The molecule has 1 atom stereocenters. The van der Waals surface area contributed by atoms with E-state index in [-0.39, 0.29) is 29.9 Å². The van der Waals surface area contributed by atoms with E-state index in [1.165, 1.54) is 11.1 Å². The molecule has 0 spiro atoms. The molecule has 2 fully saturated rings. The van der Waals surface area contributed by atoms with Crippen molar-refractivity contribution in [1.82, 2.24) is 15.5 Å². The van der Waals surface area contributed by atoms with Gasteiger partial charge in [0.2, 0.25) is 5.91 Å². The molecule has 4 rings (SSSR count). The predicted octanol–water partition coefficient (Wildman–Crippen LogP) is 3.38. The van der Waals surface area contributed by atoms with Crippen molar-refractivity contribution < 1.29 is 9.53 Å². The molecule has 7 nitrogen and oxygen atoms in total. The minimum Gasteiger partial charge on any atom is -0.495 e. The third-order valence-electron chi connectivity index (χ3n) is 6.28. The summed E-state index contributed by atoms with van der Waals surface area (Å²) in [6.45, 7) is 4.07. The molecule has 2 aliphatic rings. The summed E-state index contributed by atoms with van der Waals surface area (Å²) in [6.07, 6.45) is 2.67. The number of anilines is 1. The van der Waals surface area contributed by atoms with Gasteiger partial charge in [-0.3, -0.25) is 9.79 Å². The first kappa shape index (κ1) is 25.1. The number of amides is 1. The number of methoxy groups -OCH3 is 1. The molecule has 2 saturated heterocycles. The van der Waals surface area contributed by atoms with Crippen LogP contribution in [0.5, 0.6) is 5.75 Å². The molecule has 2 aromatic carbocycles. The molecule has 1 unspecified atom stereocenters. The van der Waals surface area contributed by atoms with Gasteiger partial charge in [-0.05, 0) is 36.1 Å². The number of benzene rings is 2. The Morgan fingerprint density at radius 1 is 1.12 bits per heavy atom. The van der Waals surface area contributed by atoms with Gasteiger partial charge in [0, 0.05) is 52.2 Å². The Morgan fingerprint density at radius 2 is 1.88 bits per heavy atom. The number of para-hydroxylation sites is 2. The number of carbonyl (C=O) groups is 1. The average Bonchev–Trinajstić information content (AvgIpc) is 3.46. The van der Waals surface area contributed by atoms with E-state index in [0.29, 0.717) is 25.6 Å². The topological polar surface area (TPSA) is 69.2 Å². The van der Waals surface area contributed by atoms with Crippen molar-refractivity contribution in [3.63, 3.8) is 0 Å². The summed E-state index contributed by atoms with van der Waals surface area (Å²) in [4.78, 5) is 20.8. The molecule has 8 heteroatoms. The van der Waals surface area contributed by atoms with Crippen LogP contribution >= 0.6 is 24.0 Å². The lowest BCUT2D eigenvalue weighted by Gasteiger charge is -2.22. The number of rotatable bonds is 7. The van der Waals surface area contributed by atoms with Crippen molar-refractivity contribution in [3.05, 3.63) is 59.7 Å². The lowest BCUT2D eigenvalue weighted by Crippen LogP contribution is -2.44. The zero-order valence-corrected chi connectivity index (χ0v) is 21.7. The molecule has 0 radical (unpaired) electrons. The Bertz CT molecular complexity index is 967. The van der Waals surface area contributed by atoms with Gasteiger partial charge in [0.15, 0.2) is 5.96 Å². The Hall–Kier alpha value is -2.49. The zero-order valence-electron chi connectivity index (χ0n) is 19.4. The van der Waals surface area contributed by atoms with Crippen LogP contribution in [0, 0.1) is 0 Å². The van der Waals surface area contributed by atoms with Crippen LogP contribution in [0.3, 0.4) is 0 Å². The second-order valence-corrected chi connectivity index (χ2v) is 8.36. The van der Waals surface area contributed by atoms with Gasteiger partial charge in [-0.15, -0.1) is 24.0 Å². The van der Waals surface area contributed by atoms with Gasteiger partial charge >= 0.3 is 0 Å². The molecule has 0 aliphatic carbocycles. The first-order valence-electron chi connectivity index (χ1n) is 11.4. The summed E-state index contributed by atoms with van der Waals surface area (Å²) in [5, 5.41) is 7.02. The fraction of sp³-hybridized carbons (Fsp3) is 0.440. The van der Waals surface area contributed by atoms with Crippen LogP contribution in [-0.4, -0.2) is 56.6 Å². The van der Waals surface area contributed by atoms with Crippen molar-refractivity contribution >= 4 is 41.5 Å². The third-order valence-corrected chi connectivity index (χ3v) is 6.28. The molecule has 0 saturated carbocycles. The van der Waals surface area contributed by atoms with Crippen molar-refractivity contribution in [2.75, 3.05) is 38.7 Å². The maximum Gasteiger partial charge on any atom is 0.222 e. The molecule has 0 aromatic heterocycles. The van der Waals surface area contributed by atoms with Gasteiger partial charge in [-0.25, -0.2) is 0 Å². The maximum atomic E-state index is 12.0. The number of hydrogen-bond acceptors (Lipinski definition) is 4. The summed E-state index contributed by atoms with van der Waals surface area (Å²) >= 11 is 0. The first-order valence-corrected chi connectivity index (χ1v) is 11.4. The minimum absolute atomic E-state index is 0. The molecular weight excluding hydrogens is 529 g/mol. The number of carbonyl (C=O) groups excluding carboxylic acids is 1. The number of aliphatic imine (C=N–C) groups is 1. The second-order valence-electron chi connectivity index (χ2n) is 8.36. The van der Waals surface area contributed by atoms with Crippen LogP contribution in [0.25, 0.3) is 0 Å². The molecule has 33 heavy (non-hydrogen) atoms. The van der Waals surface area contributed by atoms with Gasteiger partial charge in [0.25, 0.3) is 0 Å². The second kappa shape index (κ2) is 12.1. The van der Waals surface area contributed by atoms with Crippen LogP contribution in [0.15, 0.2) is 53.5 Å². The third kappa shape index (κ3) is 6.31. The summed E-state index contributed by atoms with van der Waals surface area (Å²) in [5.41, 5.74) is 3.51. The van der Waals surface area contributed by atoms with E-state index in [9.17, 15) is 4.79 Å². The minimum atomic E-state index is 0. The van der Waals surface area contributed by atoms with Crippen molar-refractivity contribution in [2.24, 2.45) is 4.99 Å². The number of nitrogens with zero attached hydrogens (tertiary/aromatic N) is 3. The molecule has 1 amide bonds. The fourth-order valence-electron chi connectivity index (χ4n) is 4.52. The highest BCUT2D eigenvalue weighted by molar-refractivity contribution is 14.0. The van der Waals surface area contributed by atoms with E-state index in [1.54, 1.807) is 14.2 Å². The highest BCUT2D eigenvalue weighted by Crippen LogP contribution is 2.30. The van der Waals surface area contributed by atoms with Gasteiger partial charge in [0.05, 0.1) is 12.8 Å². The monoisotopic (exact) mass is 563 g/mol. The van der Waals surface area contributed by atoms with E-state index < -0.39 is 0 Å². The van der Waals surface area contributed by atoms with E-state index in [1.807, 2.05) is 35.2 Å². The van der Waals surface area contributed by atoms with E-state index in [2.05, 4.69) is 38.7 Å². The van der Waals surface area contributed by atoms with Gasteiger partial charge < -0.3 is 25.2 Å². The quantitative estimate of drug-likeness (QED) is 0.307. The number of guanidine groups is 1. The number of ether oxygens (including phenoxy) is 1. The Kier molecular flexibility index (Phi) is 9.22. The van der Waals surface area contributed by atoms with Crippen LogP contribution in [0.4, 0.5) is 5.69 Å². The Morgan fingerprint density at radius 3 is 2.61 bits per heavy atom. The Labute approximate surface area is 213 Å². The highest BCUT2D eigenvalue weighted by atomic mass is 127. The molecule has 2 heterocycles. The van der Waals surface area contributed by atoms with E-state index >= 15 is 0 Å². The highest BCUT2D eigenvalue weighted by Gasteiger charge is 2.25. The SMILES string of the molecule is CN=C(NCc1ccccc1CN1CCCC1=O)NC1CCN(c2ccccc2OC)C1.I. The zero-order chi connectivity index (χ0) is 22.3. The fourth-order valence-corrected chi connectivity index (χ4v) is 4.52. The van der Waals surface area contributed by atoms with Crippen LogP contribution in [0.1, 0.15) is 30.4 Å². The molecular formula is C25H34IN5O2. The van der Waals surface area contributed by atoms with E-state index in [0.717, 1.165) is 49.9 Å². The smallest absolute Gasteiger partial charge is 0.222 e. The van der Waals surface area contributed by atoms with Crippen LogP contribution in [-0.2, 0) is 17.9 Å². The molecule has 2 aliphatic heterocycles. The van der Waals surface area contributed by atoms with Gasteiger partial charge in [-0.1, -0.05) is 36.4 Å². The van der Waals surface area contributed by atoms with Crippen molar-refractivity contribution in [2.45, 2.75) is 38.4 Å². The number of hydrogen-bond donors (Lipinski definition) is 2. The van der Waals surface area contributed by atoms with E-state index in [4.69, 9.17) is 4.74 Å². The summed E-state index contributed by atoms with van der Waals surface area (Å²) in [7, 11) is 3.52. The number of likely N-dealkylation sites (tertiary alicyclic amines) is 1. The normalized spacial score (nSPS) is 18.3. The van der Waals surface area contributed by atoms with Crippen LogP contribution < -0.4 is 20.3 Å². The predicted molar refractivity (Wildman–Crippen MR) is 143 cm³/mol. The molecule has 0 bridgehead atoms. The summed E-state index contributed by atoms with van der Waals surface area (Å²) in [5.74, 6) is 1.96. The lowest BCUT2D eigenvalue weighted by molar-refractivity contribution is -0.128.